The first kappa shape index (κ1) is 11.2. The van der Waals surface area contributed by atoms with Crippen LogP contribution in [-0.2, 0) is 19.0 Å². The minimum Gasteiger partial charge on any atom is -0.461 e. The van der Waals surface area contributed by atoms with Crippen molar-refractivity contribution >= 4 is 5.97 Å². The molecule has 0 aromatic heterocycles. The number of cyclic esters (lactones) is 1. The third-order valence-corrected chi connectivity index (χ3v) is 4.13. The number of hydrogen-bond donors (Lipinski definition) is 0. The van der Waals surface area contributed by atoms with Gasteiger partial charge in [-0.05, 0) is 18.9 Å². The van der Waals surface area contributed by atoms with E-state index >= 15 is 0 Å². The van der Waals surface area contributed by atoms with Gasteiger partial charge < -0.3 is 14.2 Å². The quantitative estimate of drug-likeness (QED) is 0.516. The smallest absolute Gasteiger partial charge is 0.306 e. The Morgan fingerprint density at radius 3 is 2.53 bits per heavy atom. The molecule has 0 bridgehead atoms. The molecule has 2 saturated heterocycles. The molecule has 0 N–H and O–H groups in total. The van der Waals surface area contributed by atoms with E-state index in [9.17, 15) is 4.79 Å². The number of ether oxygens (including phenoxy) is 3. The number of carbonyl (C=O) groups is 1. The van der Waals surface area contributed by atoms with Crippen LogP contribution in [0.4, 0.5) is 0 Å². The van der Waals surface area contributed by atoms with Crippen LogP contribution in [0.2, 0.25) is 0 Å². The molecule has 2 aliphatic heterocycles. The summed E-state index contributed by atoms with van der Waals surface area (Å²) in [6.07, 6.45) is 7.29. The lowest BCUT2D eigenvalue weighted by atomic mass is 9.74. The van der Waals surface area contributed by atoms with Crippen molar-refractivity contribution < 1.29 is 19.0 Å². The van der Waals surface area contributed by atoms with Crippen LogP contribution in [0.5, 0.6) is 0 Å². The van der Waals surface area contributed by atoms with Crippen molar-refractivity contribution in [1.29, 1.82) is 0 Å². The highest BCUT2D eigenvalue weighted by molar-refractivity contribution is 5.71. The van der Waals surface area contributed by atoms with Crippen LogP contribution in [0.15, 0.2) is 12.2 Å². The topological polar surface area (TPSA) is 44.8 Å². The summed E-state index contributed by atoms with van der Waals surface area (Å²) in [5.74, 6) is -0.569. The van der Waals surface area contributed by atoms with E-state index in [1.165, 1.54) is 0 Å². The van der Waals surface area contributed by atoms with E-state index < -0.39 is 5.79 Å². The van der Waals surface area contributed by atoms with Crippen LogP contribution in [-0.4, -0.2) is 31.1 Å². The summed E-state index contributed by atoms with van der Waals surface area (Å²) >= 11 is 0. The maximum Gasteiger partial charge on any atom is 0.306 e. The zero-order chi connectivity index (χ0) is 11.9. The molecule has 3 aliphatic rings. The molecule has 1 spiro atoms. The fourth-order valence-electron chi connectivity index (χ4n) is 2.90. The van der Waals surface area contributed by atoms with E-state index in [2.05, 4.69) is 13.0 Å². The van der Waals surface area contributed by atoms with E-state index in [1.807, 2.05) is 6.08 Å². The van der Waals surface area contributed by atoms with E-state index in [1.54, 1.807) is 0 Å². The molecule has 2 atom stereocenters. The molecule has 3 rings (SSSR count). The van der Waals surface area contributed by atoms with Crippen LogP contribution in [0.3, 0.4) is 0 Å². The number of esters is 1. The minimum absolute atomic E-state index is 0.0185. The van der Waals surface area contributed by atoms with Crippen molar-refractivity contribution in [3.63, 3.8) is 0 Å². The molecule has 0 radical (unpaired) electrons. The number of carbonyl (C=O) groups excluding carboxylic acids is 1. The molecular weight excluding hydrogens is 220 g/mol. The van der Waals surface area contributed by atoms with Gasteiger partial charge in [-0.2, -0.15) is 0 Å². The highest BCUT2D eigenvalue weighted by Gasteiger charge is 2.46. The highest BCUT2D eigenvalue weighted by atomic mass is 16.7. The summed E-state index contributed by atoms with van der Waals surface area (Å²) in [5.41, 5.74) is -0.0628. The molecule has 0 unspecified atom stereocenters. The summed E-state index contributed by atoms with van der Waals surface area (Å²) in [5, 5.41) is 0. The second kappa shape index (κ2) is 3.82. The molecule has 2 fully saturated rings. The van der Waals surface area contributed by atoms with Crippen LogP contribution in [0.1, 0.15) is 32.6 Å². The van der Waals surface area contributed by atoms with Gasteiger partial charge in [-0.15, -0.1) is 0 Å². The first-order valence-electron chi connectivity index (χ1n) is 6.30. The number of rotatable bonds is 1. The average molecular weight is 238 g/mol. The van der Waals surface area contributed by atoms with E-state index in [4.69, 9.17) is 14.2 Å². The van der Waals surface area contributed by atoms with Crippen molar-refractivity contribution in [2.75, 3.05) is 13.2 Å². The van der Waals surface area contributed by atoms with Crippen LogP contribution in [0, 0.1) is 5.41 Å². The minimum atomic E-state index is -0.498. The maximum absolute atomic E-state index is 11.2. The fourth-order valence-corrected chi connectivity index (χ4v) is 2.90. The van der Waals surface area contributed by atoms with Gasteiger partial charge in [0.25, 0.3) is 0 Å². The third kappa shape index (κ3) is 1.89. The third-order valence-electron chi connectivity index (χ3n) is 4.13. The first-order valence-corrected chi connectivity index (χ1v) is 6.30. The molecule has 0 aromatic rings. The molecule has 0 saturated carbocycles. The lowest BCUT2D eigenvalue weighted by Crippen LogP contribution is -2.39. The molecule has 17 heavy (non-hydrogen) atoms. The number of hydrogen-bond acceptors (Lipinski definition) is 4. The Morgan fingerprint density at radius 1 is 1.24 bits per heavy atom. The van der Waals surface area contributed by atoms with Crippen LogP contribution in [0.25, 0.3) is 0 Å². The van der Waals surface area contributed by atoms with Crippen molar-refractivity contribution in [2.24, 2.45) is 5.41 Å². The molecule has 0 aromatic carbocycles. The highest BCUT2D eigenvalue weighted by Crippen LogP contribution is 2.44. The van der Waals surface area contributed by atoms with Gasteiger partial charge in [0.15, 0.2) is 5.79 Å². The van der Waals surface area contributed by atoms with Crippen molar-refractivity contribution in [1.82, 2.24) is 0 Å². The van der Waals surface area contributed by atoms with Gasteiger partial charge in [-0.1, -0.05) is 13.0 Å². The van der Waals surface area contributed by atoms with Gasteiger partial charge in [0, 0.05) is 18.3 Å². The molecule has 2 heterocycles. The largest absolute Gasteiger partial charge is 0.461 e. The predicted octanol–water partition coefficient (Wildman–Crippen LogP) is 1.79. The zero-order valence-corrected chi connectivity index (χ0v) is 10.1. The normalized spacial score (nSPS) is 39.8. The van der Waals surface area contributed by atoms with Gasteiger partial charge in [-0.25, -0.2) is 0 Å². The van der Waals surface area contributed by atoms with Gasteiger partial charge in [0.1, 0.15) is 6.10 Å². The van der Waals surface area contributed by atoms with E-state index in [-0.39, 0.29) is 17.5 Å². The van der Waals surface area contributed by atoms with Crippen molar-refractivity contribution in [2.45, 2.75) is 44.5 Å². The summed E-state index contributed by atoms with van der Waals surface area (Å²) in [4.78, 5) is 11.2. The Kier molecular flexibility index (Phi) is 2.52. The Balaban J connectivity index is 1.75. The van der Waals surface area contributed by atoms with E-state index in [0.717, 1.165) is 19.3 Å². The summed E-state index contributed by atoms with van der Waals surface area (Å²) in [6, 6.07) is 0. The summed E-state index contributed by atoms with van der Waals surface area (Å²) in [6.45, 7) is 3.48. The second-order valence-corrected chi connectivity index (χ2v) is 5.37. The monoisotopic (exact) mass is 238 g/mol. The van der Waals surface area contributed by atoms with Crippen molar-refractivity contribution in [3.8, 4) is 0 Å². The zero-order valence-electron chi connectivity index (χ0n) is 10.1. The molecular formula is C13H18O4. The Bertz CT molecular complexity index is 356. The van der Waals surface area contributed by atoms with Crippen LogP contribution < -0.4 is 0 Å². The molecule has 4 heteroatoms. The average Bonchev–Trinajstić information content (AvgIpc) is 2.94. The lowest BCUT2D eigenvalue weighted by Gasteiger charge is -2.39. The van der Waals surface area contributed by atoms with Gasteiger partial charge in [0.2, 0.25) is 0 Å². The lowest BCUT2D eigenvalue weighted by molar-refractivity contribution is -0.150. The summed E-state index contributed by atoms with van der Waals surface area (Å²) in [7, 11) is 0. The first-order chi connectivity index (χ1) is 8.12. The van der Waals surface area contributed by atoms with Gasteiger partial charge >= 0.3 is 5.97 Å². The standard InChI is InChI=1S/C13H18O4/c1-12(10-2-3-11(14)17-10)4-6-13(7-5-12)15-8-9-16-13/h4,6,10H,2-3,5,7-9H2,1H3/t10-,12+/m0/s1. The molecule has 0 amide bonds. The second-order valence-electron chi connectivity index (χ2n) is 5.37. The fraction of sp³-hybridized carbons (Fsp3) is 0.769. The predicted molar refractivity (Wildman–Crippen MR) is 60.2 cm³/mol. The van der Waals surface area contributed by atoms with Gasteiger partial charge in [-0.3, -0.25) is 4.79 Å². The van der Waals surface area contributed by atoms with Crippen LogP contribution >= 0.6 is 0 Å². The van der Waals surface area contributed by atoms with Crippen molar-refractivity contribution in [3.05, 3.63) is 12.2 Å². The maximum atomic E-state index is 11.2. The molecule has 1 aliphatic carbocycles. The Hall–Kier alpha value is -0.870. The van der Waals surface area contributed by atoms with Gasteiger partial charge in [0.05, 0.1) is 13.2 Å². The molecule has 94 valence electrons. The SMILES string of the molecule is C[C@@]1([C@@H]2CCC(=O)O2)C=CC2(CC1)OCCO2. The summed E-state index contributed by atoms with van der Waals surface area (Å²) < 4.78 is 16.7. The molecule has 4 nitrogen and oxygen atoms in total. The Labute approximate surface area is 101 Å². The van der Waals surface area contributed by atoms with E-state index in [0.29, 0.717) is 19.6 Å². The Morgan fingerprint density at radius 2 is 2.00 bits per heavy atom.